The second-order valence-electron chi connectivity index (χ2n) is 5.33. The van der Waals surface area contributed by atoms with Crippen LogP contribution in [0.1, 0.15) is 0 Å². The van der Waals surface area contributed by atoms with Crippen molar-refractivity contribution in [1.29, 1.82) is 0 Å². The fraction of sp³-hybridized carbons (Fsp3) is 0.250. The maximum atomic E-state index is 4.71. The molecule has 0 aliphatic carbocycles. The first-order valence-electron chi connectivity index (χ1n) is 7.64. The number of anilines is 2. The summed E-state index contributed by atoms with van der Waals surface area (Å²) in [7, 11) is 0. The van der Waals surface area contributed by atoms with Gasteiger partial charge < -0.3 is 9.80 Å². The molecule has 7 heteroatoms. The average Bonchev–Trinajstić information content (AvgIpc) is 3.18. The Balaban J connectivity index is 1.47. The van der Waals surface area contributed by atoms with Gasteiger partial charge in [-0.3, -0.25) is 0 Å². The van der Waals surface area contributed by atoms with Crippen molar-refractivity contribution in [3.05, 3.63) is 55.1 Å². The summed E-state index contributed by atoms with van der Waals surface area (Å²) in [6.45, 7) is 3.57. The van der Waals surface area contributed by atoms with Gasteiger partial charge in [0.15, 0.2) is 5.82 Å². The molecule has 116 valence electrons. The van der Waals surface area contributed by atoms with E-state index in [-0.39, 0.29) is 0 Å². The topological polar surface area (TPSA) is 63.0 Å². The molecular formula is C16H17N7. The fourth-order valence-corrected chi connectivity index (χ4v) is 2.71. The van der Waals surface area contributed by atoms with Crippen LogP contribution in [0.2, 0.25) is 0 Å². The summed E-state index contributed by atoms with van der Waals surface area (Å²) in [5.74, 6) is 2.61. The fourth-order valence-electron chi connectivity index (χ4n) is 2.71. The molecule has 1 saturated heterocycles. The number of rotatable bonds is 3. The van der Waals surface area contributed by atoms with E-state index in [0.29, 0.717) is 0 Å². The molecule has 0 aromatic carbocycles. The van der Waals surface area contributed by atoms with Crippen LogP contribution >= 0.6 is 0 Å². The lowest BCUT2D eigenvalue weighted by Gasteiger charge is -2.35. The van der Waals surface area contributed by atoms with E-state index in [1.165, 1.54) is 0 Å². The number of piperazine rings is 1. The lowest BCUT2D eigenvalue weighted by molar-refractivity contribution is 0.633. The van der Waals surface area contributed by atoms with E-state index < -0.39 is 0 Å². The molecule has 1 aliphatic rings. The van der Waals surface area contributed by atoms with Crippen LogP contribution in [0.25, 0.3) is 5.82 Å². The van der Waals surface area contributed by atoms with Gasteiger partial charge in [-0.15, -0.1) is 0 Å². The van der Waals surface area contributed by atoms with E-state index in [0.717, 1.165) is 43.8 Å². The Hall–Kier alpha value is -2.96. The Kier molecular flexibility index (Phi) is 3.59. The lowest BCUT2D eigenvalue weighted by atomic mass is 10.3. The molecule has 0 atom stereocenters. The van der Waals surface area contributed by atoms with Gasteiger partial charge in [0.05, 0.1) is 0 Å². The Labute approximate surface area is 134 Å². The van der Waals surface area contributed by atoms with E-state index >= 15 is 0 Å². The predicted octanol–water partition coefficient (Wildman–Crippen LogP) is 1.38. The van der Waals surface area contributed by atoms with Crippen molar-refractivity contribution < 1.29 is 0 Å². The molecule has 0 radical (unpaired) electrons. The second kappa shape index (κ2) is 6.04. The van der Waals surface area contributed by atoms with Gasteiger partial charge >= 0.3 is 0 Å². The summed E-state index contributed by atoms with van der Waals surface area (Å²) >= 11 is 0. The van der Waals surface area contributed by atoms with Crippen molar-refractivity contribution in [1.82, 2.24) is 24.7 Å². The van der Waals surface area contributed by atoms with E-state index in [1.54, 1.807) is 23.3 Å². The average molecular weight is 307 g/mol. The van der Waals surface area contributed by atoms with Gasteiger partial charge in [-0.2, -0.15) is 5.10 Å². The monoisotopic (exact) mass is 307 g/mol. The standard InChI is InChI=1S/C16H17N7/c1-4-14(20-15(5-1)23-9-3-8-19-23)21-10-12-22(13-11-21)16-17-6-2-7-18-16/h1-9H,10-13H2. The molecule has 0 N–H and O–H groups in total. The van der Waals surface area contributed by atoms with Crippen molar-refractivity contribution in [2.45, 2.75) is 0 Å². The lowest BCUT2D eigenvalue weighted by Crippen LogP contribution is -2.47. The molecule has 23 heavy (non-hydrogen) atoms. The van der Waals surface area contributed by atoms with E-state index in [2.05, 4.69) is 24.9 Å². The quantitative estimate of drug-likeness (QED) is 0.728. The smallest absolute Gasteiger partial charge is 0.225 e. The molecular weight excluding hydrogens is 290 g/mol. The van der Waals surface area contributed by atoms with Crippen molar-refractivity contribution in [2.24, 2.45) is 0 Å². The van der Waals surface area contributed by atoms with E-state index in [9.17, 15) is 0 Å². The van der Waals surface area contributed by atoms with Gasteiger partial charge in [-0.05, 0) is 24.3 Å². The van der Waals surface area contributed by atoms with Crippen LogP contribution in [-0.2, 0) is 0 Å². The molecule has 4 rings (SSSR count). The molecule has 3 aromatic heterocycles. The number of hydrogen-bond donors (Lipinski definition) is 0. The Morgan fingerprint density at radius 2 is 1.48 bits per heavy atom. The van der Waals surface area contributed by atoms with Crippen LogP contribution in [0, 0.1) is 0 Å². The van der Waals surface area contributed by atoms with E-state index in [1.807, 2.05) is 36.5 Å². The van der Waals surface area contributed by atoms with Crippen LogP contribution in [0.4, 0.5) is 11.8 Å². The maximum Gasteiger partial charge on any atom is 0.225 e. The highest BCUT2D eigenvalue weighted by Crippen LogP contribution is 2.17. The van der Waals surface area contributed by atoms with Gasteiger partial charge in [0.25, 0.3) is 0 Å². The van der Waals surface area contributed by atoms with Crippen LogP contribution < -0.4 is 9.80 Å². The first-order valence-corrected chi connectivity index (χ1v) is 7.64. The van der Waals surface area contributed by atoms with Crippen molar-refractivity contribution in [3.63, 3.8) is 0 Å². The van der Waals surface area contributed by atoms with Crippen LogP contribution in [0.15, 0.2) is 55.1 Å². The summed E-state index contributed by atoms with van der Waals surface area (Å²) < 4.78 is 1.78. The summed E-state index contributed by atoms with van der Waals surface area (Å²) in [6.07, 6.45) is 7.22. The summed E-state index contributed by atoms with van der Waals surface area (Å²) in [4.78, 5) is 17.8. The predicted molar refractivity (Wildman–Crippen MR) is 87.8 cm³/mol. The molecule has 0 saturated carbocycles. The summed E-state index contributed by atoms with van der Waals surface area (Å²) in [5, 5.41) is 4.24. The molecule has 1 fully saturated rings. The first-order chi connectivity index (χ1) is 11.4. The van der Waals surface area contributed by atoms with Gasteiger partial charge in [-0.25, -0.2) is 19.6 Å². The summed E-state index contributed by atoms with van der Waals surface area (Å²) in [6, 6.07) is 9.76. The molecule has 3 aromatic rings. The molecule has 0 spiro atoms. The third kappa shape index (κ3) is 2.85. The van der Waals surface area contributed by atoms with Crippen LogP contribution in [0.3, 0.4) is 0 Å². The van der Waals surface area contributed by atoms with Crippen molar-refractivity contribution in [2.75, 3.05) is 36.0 Å². The molecule has 1 aliphatic heterocycles. The third-order valence-electron chi connectivity index (χ3n) is 3.90. The number of nitrogens with zero attached hydrogens (tertiary/aromatic N) is 7. The molecule has 7 nitrogen and oxygen atoms in total. The Morgan fingerprint density at radius 3 is 2.22 bits per heavy atom. The molecule has 0 bridgehead atoms. The van der Waals surface area contributed by atoms with Gasteiger partial charge in [0, 0.05) is 51.0 Å². The zero-order valence-electron chi connectivity index (χ0n) is 12.7. The minimum absolute atomic E-state index is 0.797. The Morgan fingerprint density at radius 1 is 0.739 bits per heavy atom. The van der Waals surface area contributed by atoms with E-state index in [4.69, 9.17) is 4.98 Å². The van der Waals surface area contributed by atoms with Crippen LogP contribution in [0.5, 0.6) is 0 Å². The van der Waals surface area contributed by atoms with Gasteiger partial charge in [0.1, 0.15) is 5.82 Å². The molecule has 4 heterocycles. The summed E-state index contributed by atoms with van der Waals surface area (Å²) in [5.41, 5.74) is 0. The number of pyridine rings is 1. The minimum atomic E-state index is 0.797. The SMILES string of the molecule is c1cnc(N2CCN(c3cccc(-n4cccn4)n3)CC2)nc1. The zero-order chi connectivity index (χ0) is 15.5. The van der Waals surface area contributed by atoms with Gasteiger partial charge in [-0.1, -0.05) is 6.07 Å². The highest BCUT2D eigenvalue weighted by molar-refractivity contribution is 5.45. The molecule has 0 unspecified atom stereocenters. The first kappa shape index (κ1) is 13.7. The van der Waals surface area contributed by atoms with Crippen molar-refractivity contribution >= 4 is 11.8 Å². The van der Waals surface area contributed by atoms with Crippen LogP contribution in [-0.4, -0.2) is 50.9 Å². The highest BCUT2D eigenvalue weighted by atomic mass is 15.3. The number of aromatic nitrogens is 5. The highest BCUT2D eigenvalue weighted by Gasteiger charge is 2.19. The second-order valence-corrected chi connectivity index (χ2v) is 5.33. The third-order valence-corrected chi connectivity index (χ3v) is 3.90. The van der Waals surface area contributed by atoms with Crippen molar-refractivity contribution in [3.8, 4) is 5.82 Å². The minimum Gasteiger partial charge on any atom is -0.353 e. The molecule has 0 amide bonds. The largest absolute Gasteiger partial charge is 0.353 e. The Bertz CT molecular complexity index is 749. The van der Waals surface area contributed by atoms with Gasteiger partial charge in [0.2, 0.25) is 5.95 Å². The maximum absolute atomic E-state index is 4.71. The zero-order valence-corrected chi connectivity index (χ0v) is 12.7. The normalized spacial score (nSPS) is 15.0. The number of hydrogen-bond acceptors (Lipinski definition) is 6.